The summed E-state index contributed by atoms with van der Waals surface area (Å²) < 4.78 is 1.87. The average Bonchev–Trinajstić information content (AvgIpc) is 2.70. The van der Waals surface area contributed by atoms with E-state index in [-0.39, 0.29) is 0 Å². The molecule has 1 aliphatic rings. The zero-order chi connectivity index (χ0) is 10.1. The minimum absolute atomic E-state index is 0.320. The van der Waals surface area contributed by atoms with Gasteiger partial charge < -0.3 is 14.6 Å². The molecule has 1 saturated heterocycles. The van der Waals surface area contributed by atoms with Crippen LogP contribution in [-0.4, -0.2) is 40.7 Å². The maximum Gasteiger partial charge on any atom is 0.352 e. The van der Waals surface area contributed by atoms with E-state index in [0.717, 1.165) is 19.5 Å². The molecule has 0 amide bonds. The standard InChI is InChI=1S/C10H14N2O2/c1-11-6-4-8(7-11)12-5-2-3-9(12)10(13)14/h2-3,5,8H,4,6-7H2,1H3,(H,13,14)/t8-/m1/s1. The number of likely N-dealkylation sites (tertiary alicyclic amines) is 1. The highest BCUT2D eigenvalue weighted by molar-refractivity contribution is 5.85. The number of likely N-dealkylation sites (N-methyl/N-ethyl adjacent to an activating group) is 1. The minimum Gasteiger partial charge on any atom is -0.477 e. The molecule has 1 N–H and O–H groups in total. The molecule has 2 heterocycles. The topological polar surface area (TPSA) is 45.5 Å². The van der Waals surface area contributed by atoms with E-state index < -0.39 is 5.97 Å². The average molecular weight is 194 g/mol. The molecular formula is C10H14N2O2. The lowest BCUT2D eigenvalue weighted by atomic mass is 10.2. The van der Waals surface area contributed by atoms with E-state index in [0.29, 0.717) is 11.7 Å². The van der Waals surface area contributed by atoms with E-state index in [2.05, 4.69) is 11.9 Å². The van der Waals surface area contributed by atoms with Gasteiger partial charge in [-0.2, -0.15) is 0 Å². The molecule has 0 aromatic carbocycles. The van der Waals surface area contributed by atoms with Gasteiger partial charge in [-0.3, -0.25) is 0 Å². The summed E-state index contributed by atoms with van der Waals surface area (Å²) in [6.07, 6.45) is 2.89. The lowest BCUT2D eigenvalue weighted by Gasteiger charge is -2.14. The summed E-state index contributed by atoms with van der Waals surface area (Å²) in [7, 11) is 2.06. The van der Waals surface area contributed by atoms with Crippen LogP contribution in [0.4, 0.5) is 0 Å². The Morgan fingerprint density at radius 2 is 2.43 bits per heavy atom. The van der Waals surface area contributed by atoms with Crippen LogP contribution in [0, 0.1) is 0 Å². The van der Waals surface area contributed by atoms with E-state index in [9.17, 15) is 4.79 Å². The van der Waals surface area contributed by atoms with Crippen LogP contribution in [0.1, 0.15) is 23.0 Å². The summed E-state index contributed by atoms with van der Waals surface area (Å²) in [6, 6.07) is 3.77. The fraction of sp³-hybridized carbons (Fsp3) is 0.500. The summed E-state index contributed by atoms with van der Waals surface area (Å²) in [4.78, 5) is 13.1. The van der Waals surface area contributed by atoms with Crippen molar-refractivity contribution in [3.05, 3.63) is 24.0 Å². The van der Waals surface area contributed by atoms with Crippen LogP contribution in [0.2, 0.25) is 0 Å². The Balaban J connectivity index is 2.23. The van der Waals surface area contributed by atoms with Gasteiger partial charge in [-0.25, -0.2) is 4.79 Å². The highest BCUT2D eigenvalue weighted by Crippen LogP contribution is 2.22. The summed E-state index contributed by atoms with van der Waals surface area (Å²) in [5.41, 5.74) is 0.394. The van der Waals surface area contributed by atoms with Crippen LogP contribution in [0.25, 0.3) is 0 Å². The molecule has 4 heteroatoms. The van der Waals surface area contributed by atoms with Gasteiger partial charge in [0.1, 0.15) is 5.69 Å². The summed E-state index contributed by atoms with van der Waals surface area (Å²) in [6.45, 7) is 1.98. The number of rotatable bonds is 2. The Hall–Kier alpha value is -1.29. The van der Waals surface area contributed by atoms with Gasteiger partial charge in [0, 0.05) is 18.8 Å². The molecule has 0 aliphatic carbocycles. The van der Waals surface area contributed by atoms with Crippen molar-refractivity contribution in [2.24, 2.45) is 0 Å². The molecule has 1 aromatic rings. The van der Waals surface area contributed by atoms with Crippen molar-refractivity contribution in [1.29, 1.82) is 0 Å². The molecule has 14 heavy (non-hydrogen) atoms. The van der Waals surface area contributed by atoms with Gasteiger partial charge in [0.05, 0.1) is 0 Å². The van der Waals surface area contributed by atoms with Gasteiger partial charge in [-0.15, -0.1) is 0 Å². The van der Waals surface area contributed by atoms with E-state index >= 15 is 0 Å². The zero-order valence-corrected chi connectivity index (χ0v) is 8.18. The molecule has 2 rings (SSSR count). The van der Waals surface area contributed by atoms with Crippen LogP contribution in [0.15, 0.2) is 18.3 Å². The molecule has 1 aliphatic heterocycles. The van der Waals surface area contributed by atoms with Crippen molar-refractivity contribution in [1.82, 2.24) is 9.47 Å². The second-order valence-corrected chi connectivity index (χ2v) is 3.81. The van der Waals surface area contributed by atoms with Crippen molar-refractivity contribution in [3.63, 3.8) is 0 Å². The van der Waals surface area contributed by atoms with Gasteiger partial charge in [0.15, 0.2) is 0 Å². The highest BCUT2D eigenvalue weighted by atomic mass is 16.4. The van der Waals surface area contributed by atoms with Gasteiger partial charge in [-0.05, 0) is 32.1 Å². The fourth-order valence-corrected chi connectivity index (χ4v) is 2.03. The van der Waals surface area contributed by atoms with E-state index in [4.69, 9.17) is 5.11 Å². The van der Waals surface area contributed by atoms with Crippen molar-refractivity contribution in [2.45, 2.75) is 12.5 Å². The number of carboxylic acid groups (broad SMARTS) is 1. The zero-order valence-electron chi connectivity index (χ0n) is 8.18. The van der Waals surface area contributed by atoms with Gasteiger partial charge in [0.2, 0.25) is 0 Å². The molecule has 0 unspecified atom stereocenters. The largest absolute Gasteiger partial charge is 0.477 e. The normalized spacial score (nSPS) is 22.8. The Morgan fingerprint density at radius 3 is 3.00 bits per heavy atom. The molecule has 1 aromatic heterocycles. The summed E-state index contributed by atoms with van der Waals surface area (Å²) in [5, 5.41) is 8.95. The van der Waals surface area contributed by atoms with Crippen LogP contribution >= 0.6 is 0 Å². The summed E-state index contributed by atoms with van der Waals surface area (Å²) in [5.74, 6) is -0.843. The Bertz CT molecular complexity index is 346. The highest BCUT2D eigenvalue weighted by Gasteiger charge is 2.23. The van der Waals surface area contributed by atoms with Crippen molar-refractivity contribution >= 4 is 5.97 Å². The Labute approximate surface area is 82.7 Å². The molecule has 1 fully saturated rings. The van der Waals surface area contributed by atoms with Gasteiger partial charge in [-0.1, -0.05) is 0 Å². The smallest absolute Gasteiger partial charge is 0.352 e. The molecule has 0 bridgehead atoms. The van der Waals surface area contributed by atoms with Crippen molar-refractivity contribution in [3.8, 4) is 0 Å². The Morgan fingerprint density at radius 1 is 1.64 bits per heavy atom. The van der Waals surface area contributed by atoms with Crippen molar-refractivity contribution < 1.29 is 9.90 Å². The number of hydrogen-bond donors (Lipinski definition) is 1. The number of nitrogens with zero attached hydrogens (tertiary/aromatic N) is 2. The predicted octanol–water partition coefficient (Wildman–Crippen LogP) is 1.06. The molecule has 0 saturated carbocycles. The summed E-state index contributed by atoms with van der Waals surface area (Å²) >= 11 is 0. The second-order valence-electron chi connectivity index (χ2n) is 3.81. The van der Waals surface area contributed by atoms with Gasteiger partial charge >= 0.3 is 5.97 Å². The number of aromatic carboxylic acids is 1. The fourth-order valence-electron chi connectivity index (χ4n) is 2.03. The first-order chi connectivity index (χ1) is 6.68. The van der Waals surface area contributed by atoms with E-state index in [1.807, 2.05) is 10.8 Å². The second kappa shape index (κ2) is 3.46. The third-order valence-electron chi connectivity index (χ3n) is 2.76. The quantitative estimate of drug-likeness (QED) is 0.765. The first-order valence-corrected chi connectivity index (χ1v) is 4.77. The van der Waals surface area contributed by atoms with Gasteiger partial charge in [0.25, 0.3) is 0 Å². The van der Waals surface area contributed by atoms with E-state index in [1.165, 1.54) is 0 Å². The molecule has 0 radical (unpaired) electrons. The molecular weight excluding hydrogens is 180 g/mol. The predicted molar refractivity (Wildman–Crippen MR) is 52.5 cm³/mol. The number of carbonyl (C=O) groups is 1. The lowest BCUT2D eigenvalue weighted by Crippen LogP contribution is -2.18. The first kappa shape index (κ1) is 9.27. The molecule has 0 spiro atoms. The third-order valence-corrected chi connectivity index (χ3v) is 2.76. The molecule has 76 valence electrons. The maximum absolute atomic E-state index is 10.9. The van der Waals surface area contributed by atoms with E-state index in [1.54, 1.807) is 12.1 Å². The van der Waals surface area contributed by atoms with Crippen LogP contribution < -0.4 is 0 Å². The number of carboxylic acids is 1. The third kappa shape index (κ3) is 1.53. The number of hydrogen-bond acceptors (Lipinski definition) is 2. The van der Waals surface area contributed by atoms with Crippen LogP contribution in [0.3, 0.4) is 0 Å². The molecule has 1 atom stereocenters. The minimum atomic E-state index is -0.843. The first-order valence-electron chi connectivity index (χ1n) is 4.77. The molecule has 4 nitrogen and oxygen atoms in total. The maximum atomic E-state index is 10.9. The lowest BCUT2D eigenvalue weighted by molar-refractivity contribution is 0.0682. The van der Waals surface area contributed by atoms with Crippen LogP contribution in [0.5, 0.6) is 0 Å². The number of aromatic nitrogens is 1. The SMILES string of the molecule is CN1CC[C@@H](n2cccc2C(=O)O)C1. The monoisotopic (exact) mass is 194 g/mol. The Kier molecular flexibility index (Phi) is 2.29. The van der Waals surface area contributed by atoms with Crippen molar-refractivity contribution in [2.75, 3.05) is 20.1 Å². The van der Waals surface area contributed by atoms with Crippen LogP contribution in [-0.2, 0) is 0 Å².